The lowest BCUT2D eigenvalue weighted by Gasteiger charge is -2.06. The Labute approximate surface area is 72.7 Å². The second kappa shape index (κ2) is 7.03. The molecule has 0 fully saturated rings. The lowest BCUT2D eigenvalue weighted by atomic mass is 10.1. The number of rotatable bonds is 7. The van der Waals surface area contributed by atoms with Crippen molar-refractivity contribution in [3.05, 3.63) is 10.1 Å². The van der Waals surface area contributed by atoms with Gasteiger partial charge in [-0.2, -0.15) is 0 Å². The van der Waals surface area contributed by atoms with Crippen LogP contribution < -0.4 is 0 Å². The third kappa shape index (κ3) is 5.07. The van der Waals surface area contributed by atoms with Gasteiger partial charge in [0.2, 0.25) is 6.04 Å². The average molecular weight is 175 g/mol. The summed E-state index contributed by atoms with van der Waals surface area (Å²) in [5, 5.41) is 18.9. The van der Waals surface area contributed by atoms with Crippen LogP contribution in [-0.4, -0.2) is 22.7 Å². The van der Waals surface area contributed by atoms with Crippen molar-refractivity contribution in [3.63, 3.8) is 0 Å². The molecule has 4 nitrogen and oxygen atoms in total. The van der Waals surface area contributed by atoms with Crippen molar-refractivity contribution in [3.8, 4) is 0 Å². The maximum atomic E-state index is 10.4. The van der Waals surface area contributed by atoms with Gasteiger partial charge in [0.1, 0.15) is 0 Å². The first-order valence-electron chi connectivity index (χ1n) is 4.46. The Kier molecular flexibility index (Phi) is 6.66. The maximum Gasteiger partial charge on any atom is 0.215 e. The second-order valence-electron chi connectivity index (χ2n) is 2.95. The van der Waals surface area contributed by atoms with Crippen LogP contribution in [0.1, 0.15) is 39.0 Å². The largest absolute Gasteiger partial charge is 0.396 e. The van der Waals surface area contributed by atoms with Crippen LogP contribution >= 0.6 is 0 Å². The van der Waals surface area contributed by atoms with Gasteiger partial charge in [-0.05, 0) is 6.42 Å². The van der Waals surface area contributed by atoms with Gasteiger partial charge in [-0.15, -0.1) is 0 Å². The third-order valence-electron chi connectivity index (χ3n) is 1.90. The molecule has 0 aromatic heterocycles. The molecule has 0 rings (SSSR count). The Morgan fingerprint density at radius 3 is 2.50 bits per heavy atom. The normalized spacial score (nSPS) is 12.8. The molecule has 0 amide bonds. The van der Waals surface area contributed by atoms with E-state index in [0.717, 1.165) is 19.3 Å². The number of aliphatic hydroxyl groups excluding tert-OH is 1. The highest BCUT2D eigenvalue weighted by molar-refractivity contribution is 4.56. The minimum absolute atomic E-state index is 0.0855. The topological polar surface area (TPSA) is 63.4 Å². The molecule has 0 saturated carbocycles. The van der Waals surface area contributed by atoms with E-state index in [4.69, 9.17) is 5.11 Å². The summed E-state index contributed by atoms with van der Waals surface area (Å²) in [5.41, 5.74) is 0. The SMILES string of the molecule is CCCCCC(CCO)[N+](=O)[O-]. The predicted octanol–water partition coefficient (Wildman–Crippen LogP) is 1.59. The number of hydrogen-bond acceptors (Lipinski definition) is 3. The van der Waals surface area contributed by atoms with E-state index in [1.807, 2.05) is 0 Å². The van der Waals surface area contributed by atoms with Gasteiger partial charge in [0.25, 0.3) is 0 Å². The zero-order valence-electron chi connectivity index (χ0n) is 7.53. The van der Waals surface area contributed by atoms with Crippen molar-refractivity contribution >= 4 is 0 Å². The maximum absolute atomic E-state index is 10.4. The number of aliphatic hydroxyl groups is 1. The van der Waals surface area contributed by atoms with Crippen LogP contribution in [0.3, 0.4) is 0 Å². The molecule has 0 spiro atoms. The van der Waals surface area contributed by atoms with E-state index in [0.29, 0.717) is 6.42 Å². The zero-order valence-corrected chi connectivity index (χ0v) is 7.53. The highest BCUT2D eigenvalue weighted by Gasteiger charge is 2.17. The summed E-state index contributed by atoms with van der Waals surface area (Å²) in [5.74, 6) is 0. The van der Waals surface area contributed by atoms with Gasteiger partial charge < -0.3 is 5.11 Å². The number of nitrogens with zero attached hydrogens (tertiary/aromatic N) is 1. The van der Waals surface area contributed by atoms with Crippen molar-refractivity contribution < 1.29 is 10.0 Å². The fraction of sp³-hybridized carbons (Fsp3) is 1.00. The molecule has 1 atom stereocenters. The van der Waals surface area contributed by atoms with Crippen molar-refractivity contribution in [2.75, 3.05) is 6.61 Å². The molecule has 12 heavy (non-hydrogen) atoms. The van der Waals surface area contributed by atoms with E-state index in [9.17, 15) is 10.1 Å². The summed E-state index contributed by atoms with van der Waals surface area (Å²) >= 11 is 0. The fourth-order valence-corrected chi connectivity index (χ4v) is 1.13. The summed E-state index contributed by atoms with van der Waals surface area (Å²) < 4.78 is 0. The molecule has 0 aliphatic heterocycles. The van der Waals surface area contributed by atoms with Gasteiger partial charge >= 0.3 is 0 Å². The highest BCUT2D eigenvalue weighted by Crippen LogP contribution is 2.08. The number of hydrogen-bond donors (Lipinski definition) is 1. The molecular weight excluding hydrogens is 158 g/mol. The van der Waals surface area contributed by atoms with Gasteiger partial charge in [0.15, 0.2) is 0 Å². The minimum atomic E-state index is -0.540. The van der Waals surface area contributed by atoms with Gasteiger partial charge in [0, 0.05) is 24.4 Å². The molecule has 0 aromatic rings. The molecule has 0 aliphatic rings. The molecule has 0 saturated heterocycles. The summed E-state index contributed by atoms with van der Waals surface area (Å²) in [7, 11) is 0. The van der Waals surface area contributed by atoms with E-state index in [2.05, 4.69) is 6.92 Å². The summed E-state index contributed by atoms with van der Waals surface area (Å²) in [6.07, 6.45) is 3.89. The monoisotopic (exact) mass is 175 g/mol. The van der Waals surface area contributed by atoms with Gasteiger partial charge in [-0.3, -0.25) is 10.1 Å². The third-order valence-corrected chi connectivity index (χ3v) is 1.90. The predicted molar refractivity (Wildman–Crippen MR) is 46.6 cm³/mol. The molecule has 72 valence electrons. The minimum Gasteiger partial charge on any atom is -0.396 e. The Balaban J connectivity index is 3.56. The van der Waals surface area contributed by atoms with Crippen LogP contribution in [-0.2, 0) is 0 Å². The van der Waals surface area contributed by atoms with Gasteiger partial charge in [-0.25, -0.2) is 0 Å². The smallest absolute Gasteiger partial charge is 0.215 e. The lowest BCUT2D eigenvalue weighted by molar-refractivity contribution is -0.524. The second-order valence-corrected chi connectivity index (χ2v) is 2.95. The Bertz CT molecular complexity index is 127. The molecule has 0 aromatic carbocycles. The first-order valence-corrected chi connectivity index (χ1v) is 4.46. The Morgan fingerprint density at radius 1 is 1.42 bits per heavy atom. The molecule has 0 heterocycles. The van der Waals surface area contributed by atoms with Crippen LogP contribution in [0.4, 0.5) is 0 Å². The van der Waals surface area contributed by atoms with Crippen LogP contribution in [0, 0.1) is 10.1 Å². The van der Waals surface area contributed by atoms with Crippen molar-refractivity contribution in [1.82, 2.24) is 0 Å². The van der Waals surface area contributed by atoms with Crippen LogP contribution in [0.5, 0.6) is 0 Å². The number of nitro groups is 1. The highest BCUT2D eigenvalue weighted by atomic mass is 16.6. The molecule has 4 heteroatoms. The summed E-state index contributed by atoms with van der Waals surface area (Å²) in [6, 6.07) is -0.540. The molecule has 1 unspecified atom stereocenters. The lowest BCUT2D eigenvalue weighted by Crippen LogP contribution is -2.20. The summed E-state index contributed by atoms with van der Waals surface area (Å²) in [4.78, 5) is 10.1. The Hall–Kier alpha value is -0.640. The first-order chi connectivity index (χ1) is 5.72. The van der Waals surface area contributed by atoms with E-state index in [-0.39, 0.29) is 18.0 Å². The quantitative estimate of drug-likeness (QED) is 0.363. The van der Waals surface area contributed by atoms with Crippen LogP contribution in [0.25, 0.3) is 0 Å². The van der Waals surface area contributed by atoms with E-state index >= 15 is 0 Å². The fourth-order valence-electron chi connectivity index (χ4n) is 1.13. The van der Waals surface area contributed by atoms with Gasteiger partial charge in [-0.1, -0.05) is 19.8 Å². The molecule has 0 aliphatic carbocycles. The Morgan fingerprint density at radius 2 is 2.08 bits per heavy atom. The van der Waals surface area contributed by atoms with Crippen molar-refractivity contribution in [2.45, 2.75) is 45.1 Å². The molecular formula is C8H17NO3. The average Bonchev–Trinajstić information content (AvgIpc) is 2.03. The van der Waals surface area contributed by atoms with Gasteiger partial charge in [0.05, 0.1) is 0 Å². The van der Waals surface area contributed by atoms with Crippen molar-refractivity contribution in [1.29, 1.82) is 0 Å². The molecule has 0 radical (unpaired) electrons. The zero-order chi connectivity index (χ0) is 9.40. The van der Waals surface area contributed by atoms with E-state index in [1.54, 1.807) is 0 Å². The van der Waals surface area contributed by atoms with Crippen molar-refractivity contribution in [2.24, 2.45) is 0 Å². The molecule has 0 bridgehead atoms. The summed E-state index contributed by atoms with van der Waals surface area (Å²) in [6.45, 7) is 1.98. The standard InChI is InChI=1S/C8H17NO3/c1-2-3-4-5-8(6-7-10)9(11)12/h8,10H,2-7H2,1H3. The first kappa shape index (κ1) is 11.4. The van der Waals surface area contributed by atoms with E-state index in [1.165, 1.54) is 0 Å². The number of unbranched alkanes of at least 4 members (excludes halogenated alkanes) is 2. The van der Waals surface area contributed by atoms with E-state index < -0.39 is 6.04 Å². The van der Waals surface area contributed by atoms with Crippen LogP contribution in [0.2, 0.25) is 0 Å². The molecule has 1 N–H and O–H groups in total. The van der Waals surface area contributed by atoms with Crippen LogP contribution in [0.15, 0.2) is 0 Å².